The van der Waals surface area contributed by atoms with Crippen molar-refractivity contribution in [1.29, 1.82) is 0 Å². The fourth-order valence-corrected chi connectivity index (χ4v) is 4.90. The van der Waals surface area contributed by atoms with Crippen LogP contribution in [-0.2, 0) is 38.8 Å². The molecule has 0 aliphatic heterocycles. The second-order valence-corrected chi connectivity index (χ2v) is 11.1. The Hall–Kier alpha value is -3.86. The number of hydrogen-bond acceptors (Lipinski definition) is 4. The molecule has 0 unspecified atom stereocenters. The van der Waals surface area contributed by atoms with E-state index in [1.165, 1.54) is 18.0 Å². The van der Waals surface area contributed by atoms with Crippen molar-refractivity contribution in [1.82, 2.24) is 10.2 Å². The molecule has 3 aromatic carbocycles. The lowest BCUT2D eigenvalue weighted by Crippen LogP contribution is -2.52. The number of alkyl halides is 3. The molecule has 3 rings (SSSR count). The minimum atomic E-state index is -4.71. The number of carbonyl (C=O) groups excluding carboxylic acids is 2. The number of sulfonamides is 1. The summed E-state index contributed by atoms with van der Waals surface area (Å²) in [7, 11) is -2.75. The molecule has 39 heavy (non-hydrogen) atoms. The van der Waals surface area contributed by atoms with Crippen molar-refractivity contribution >= 4 is 27.5 Å². The summed E-state index contributed by atoms with van der Waals surface area (Å²) in [4.78, 5) is 28.1. The fraction of sp³-hybridized carbons (Fsp3) is 0.286. The van der Waals surface area contributed by atoms with E-state index in [-0.39, 0.29) is 18.7 Å². The van der Waals surface area contributed by atoms with E-state index in [9.17, 15) is 31.2 Å². The van der Waals surface area contributed by atoms with Gasteiger partial charge in [-0.05, 0) is 36.2 Å². The second-order valence-electron chi connectivity index (χ2n) is 9.14. The van der Waals surface area contributed by atoms with Gasteiger partial charge in [0.05, 0.1) is 17.5 Å². The van der Waals surface area contributed by atoms with Crippen LogP contribution in [0.3, 0.4) is 0 Å². The lowest BCUT2D eigenvalue weighted by Gasteiger charge is -2.33. The van der Waals surface area contributed by atoms with E-state index < -0.39 is 46.2 Å². The quantitative estimate of drug-likeness (QED) is 0.403. The highest BCUT2D eigenvalue weighted by molar-refractivity contribution is 7.92. The fourth-order valence-electron chi connectivity index (χ4n) is 4.06. The zero-order valence-corrected chi connectivity index (χ0v) is 22.6. The zero-order chi connectivity index (χ0) is 28.8. The number of aryl methyl sites for hydroxylation is 1. The van der Waals surface area contributed by atoms with Crippen LogP contribution in [0.25, 0.3) is 0 Å². The minimum Gasteiger partial charge on any atom is -0.357 e. The molecule has 0 aliphatic rings. The summed E-state index contributed by atoms with van der Waals surface area (Å²) in [6.45, 7) is 1.08. The zero-order valence-electron chi connectivity index (χ0n) is 21.8. The Balaban J connectivity index is 2.04. The molecule has 1 atom stereocenters. The Bertz CT molecular complexity index is 1400. The van der Waals surface area contributed by atoms with Crippen molar-refractivity contribution in [3.63, 3.8) is 0 Å². The van der Waals surface area contributed by atoms with Crippen LogP contribution in [0.1, 0.15) is 22.3 Å². The van der Waals surface area contributed by atoms with Gasteiger partial charge in [-0.2, -0.15) is 13.2 Å². The van der Waals surface area contributed by atoms with Crippen LogP contribution in [0.5, 0.6) is 0 Å². The summed E-state index contributed by atoms with van der Waals surface area (Å²) < 4.78 is 66.0. The maximum atomic E-state index is 13.8. The lowest BCUT2D eigenvalue weighted by molar-refractivity contribution is -0.139. The molecule has 0 aliphatic carbocycles. The van der Waals surface area contributed by atoms with E-state index in [0.717, 1.165) is 29.5 Å². The first-order valence-corrected chi connectivity index (χ1v) is 13.9. The van der Waals surface area contributed by atoms with Gasteiger partial charge in [0.15, 0.2) is 0 Å². The molecule has 0 fully saturated rings. The van der Waals surface area contributed by atoms with Crippen LogP contribution in [0, 0.1) is 6.92 Å². The normalized spacial score (nSPS) is 12.5. The van der Waals surface area contributed by atoms with Crippen molar-refractivity contribution in [2.45, 2.75) is 32.1 Å². The average molecular weight is 562 g/mol. The summed E-state index contributed by atoms with van der Waals surface area (Å²) in [5.41, 5.74) is 1.09. The largest absolute Gasteiger partial charge is 0.416 e. The Morgan fingerprint density at radius 1 is 0.923 bits per heavy atom. The van der Waals surface area contributed by atoms with Gasteiger partial charge in [0.25, 0.3) is 0 Å². The molecular weight excluding hydrogens is 531 g/mol. The second kappa shape index (κ2) is 12.3. The molecule has 0 bridgehead atoms. The van der Waals surface area contributed by atoms with E-state index in [0.29, 0.717) is 15.9 Å². The van der Waals surface area contributed by atoms with Crippen molar-refractivity contribution < 1.29 is 31.2 Å². The molecular formula is C28H30F3N3O4S. The highest BCUT2D eigenvalue weighted by Gasteiger charge is 2.34. The third-order valence-electron chi connectivity index (χ3n) is 6.13. The Morgan fingerprint density at radius 3 is 2.13 bits per heavy atom. The third-order valence-corrected chi connectivity index (χ3v) is 7.27. The Morgan fingerprint density at radius 2 is 1.56 bits per heavy atom. The number of carbonyl (C=O) groups is 2. The number of nitrogens with one attached hydrogen (secondary N) is 1. The number of halogens is 3. The number of benzene rings is 3. The molecule has 2 amide bonds. The van der Waals surface area contributed by atoms with Gasteiger partial charge in [-0.15, -0.1) is 0 Å². The van der Waals surface area contributed by atoms with E-state index in [1.807, 2.05) is 25.1 Å². The molecule has 208 valence electrons. The molecule has 0 aromatic heterocycles. The molecule has 0 spiro atoms. The van der Waals surface area contributed by atoms with Crippen molar-refractivity contribution in [2.75, 3.05) is 24.2 Å². The van der Waals surface area contributed by atoms with E-state index in [1.54, 1.807) is 36.4 Å². The van der Waals surface area contributed by atoms with Crippen LogP contribution in [0.2, 0.25) is 0 Å². The van der Waals surface area contributed by atoms with Gasteiger partial charge in [-0.25, -0.2) is 8.42 Å². The van der Waals surface area contributed by atoms with Crippen LogP contribution in [0.4, 0.5) is 18.9 Å². The molecule has 0 heterocycles. The van der Waals surface area contributed by atoms with Gasteiger partial charge >= 0.3 is 6.18 Å². The number of rotatable bonds is 10. The summed E-state index contributed by atoms with van der Waals surface area (Å²) in [5.74, 6) is -1.22. The third kappa shape index (κ3) is 8.06. The van der Waals surface area contributed by atoms with Gasteiger partial charge < -0.3 is 10.2 Å². The van der Waals surface area contributed by atoms with E-state index in [2.05, 4.69) is 5.32 Å². The summed E-state index contributed by atoms with van der Waals surface area (Å²) in [5, 5.41) is 2.57. The molecule has 0 saturated carbocycles. The van der Waals surface area contributed by atoms with Crippen LogP contribution in [-0.4, -0.2) is 51.0 Å². The number of likely N-dealkylation sites (N-methyl/N-ethyl adjacent to an activating group) is 1. The number of amides is 2. The maximum Gasteiger partial charge on any atom is 0.416 e. The predicted molar refractivity (Wildman–Crippen MR) is 143 cm³/mol. The van der Waals surface area contributed by atoms with Crippen molar-refractivity contribution in [3.05, 3.63) is 101 Å². The van der Waals surface area contributed by atoms with Crippen LogP contribution < -0.4 is 9.62 Å². The minimum absolute atomic E-state index is 0.0236. The monoisotopic (exact) mass is 561 g/mol. The standard InChI is InChI=1S/C28H30F3N3O4S/c1-20-12-14-22(15-13-20)18-33(25(27(36)32-2)16-21-8-5-4-6-9-21)26(35)19-34(39(3,37)38)24-11-7-10-23(17-24)28(29,30)31/h4-15,17,25H,16,18-19H2,1-3H3,(H,32,36)/t25-/m1/s1. The van der Waals surface area contributed by atoms with Gasteiger partial charge in [-0.3, -0.25) is 13.9 Å². The van der Waals surface area contributed by atoms with Crippen LogP contribution >= 0.6 is 0 Å². The number of hydrogen-bond donors (Lipinski definition) is 1. The molecule has 0 radical (unpaired) electrons. The molecule has 11 heteroatoms. The van der Waals surface area contributed by atoms with Gasteiger partial charge in [0, 0.05) is 20.0 Å². The van der Waals surface area contributed by atoms with E-state index >= 15 is 0 Å². The van der Waals surface area contributed by atoms with Crippen molar-refractivity contribution in [3.8, 4) is 0 Å². The van der Waals surface area contributed by atoms with Gasteiger partial charge in [0.1, 0.15) is 12.6 Å². The summed E-state index contributed by atoms with van der Waals surface area (Å²) in [6, 6.07) is 19.0. The maximum absolute atomic E-state index is 13.8. The molecule has 7 nitrogen and oxygen atoms in total. The SMILES string of the molecule is CNC(=O)[C@@H](Cc1ccccc1)N(Cc1ccc(C)cc1)C(=O)CN(c1cccc(C(F)(F)F)c1)S(C)(=O)=O. The van der Waals surface area contributed by atoms with Crippen molar-refractivity contribution in [2.24, 2.45) is 0 Å². The van der Waals surface area contributed by atoms with Crippen LogP contribution in [0.15, 0.2) is 78.9 Å². The summed E-state index contributed by atoms with van der Waals surface area (Å²) in [6.07, 6.45) is -3.76. The highest BCUT2D eigenvalue weighted by Crippen LogP contribution is 2.32. The van der Waals surface area contributed by atoms with Gasteiger partial charge in [0.2, 0.25) is 21.8 Å². The lowest BCUT2D eigenvalue weighted by atomic mass is 10.0. The first-order chi connectivity index (χ1) is 18.3. The predicted octanol–water partition coefficient (Wildman–Crippen LogP) is 4.17. The van der Waals surface area contributed by atoms with Gasteiger partial charge in [-0.1, -0.05) is 66.2 Å². The summed E-state index contributed by atoms with van der Waals surface area (Å²) >= 11 is 0. The Labute approximate surface area is 226 Å². The Kier molecular flexibility index (Phi) is 9.39. The average Bonchev–Trinajstić information content (AvgIpc) is 2.89. The molecule has 3 aromatic rings. The topological polar surface area (TPSA) is 86.8 Å². The first kappa shape index (κ1) is 29.7. The number of anilines is 1. The first-order valence-electron chi connectivity index (χ1n) is 12.0. The molecule has 1 N–H and O–H groups in total. The van der Waals surface area contributed by atoms with E-state index in [4.69, 9.17) is 0 Å². The smallest absolute Gasteiger partial charge is 0.357 e. The number of nitrogens with zero attached hydrogens (tertiary/aromatic N) is 2. The molecule has 0 saturated heterocycles. The highest BCUT2D eigenvalue weighted by atomic mass is 32.2.